The van der Waals surface area contributed by atoms with E-state index in [1.54, 1.807) is 47.8 Å². The zero-order valence-corrected chi connectivity index (χ0v) is 20.4. The van der Waals surface area contributed by atoms with Gasteiger partial charge in [0.15, 0.2) is 5.16 Å². The number of rotatable bonds is 8. The predicted octanol–water partition coefficient (Wildman–Crippen LogP) is 3.47. The Morgan fingerprint density at radius 2 is 1.94 bits per heavy atom. The standard InChI is InChI=1S/C24H23N3O5S2/c1-3-32-22(29)14-21-26(20(28)15-34-21)12-13-33-24-25-17-9-5-4-8-16(17)23(30)27(24)18-10-6-7-11-19(18)31-2/h4-11,14H,3,12-13,15H2,1-2H3/b21-14-. The highest BCUT2D eigenvalue weighted by molar-refractivity contribution is 8.04. The van der Waals surface area contributed by atoms with Crippen LogP contribution in [0.3, 0.4) is 0 Å². The van der Waals surface area contributed by atoms with Crippen molar-refractivity contribution in [3.63, 3.8) is 0 Å². The summed E-state index contributed by atoms with van der Waals surface area (Å²) in [6.45, 7) is 2.36. The Morgan fingerprint density at radius 3 is 2.74 bits per heavy atom. The van der Waals surface area contributed by atoms with Crippen molar-refractivity contribution in [3.8, 4) is 11.4 Å². The van der Waals surface area contributed by atoms with Crippen LogP contribution in [0.4, 0.5) is 0 Å². The highest BCUT2D eigenvalue weighted by atomic mass is 32.2. The zero-order valence-electron chi connectivity index (χ0n) is 18.7. The minimum Gasteiger partial charge on any atom is -0.495 e. The molecule has 0 radical (unpaired) electrons. The third-order valence-corrected chi connectivity index (χ3v) is 7.00. The number of esters is 1. The van der Waals surface area contributed by atoms with Crippen LogP contribution in [0.1, 0.15) is 6.92 Å². The summed E-state index contributed by atoms with van der Waals surface area (Å²) >= 11 is 2.67. The maximum absolute atomic E-state index is 13.4. The van der Waals surface area contributed by atoms with Gasteiger partial charge in [0.1, 0.15) is 5.75 Å². The second kappa shape index (κ2) is 10.8. The van der Waals surface area contributed by atoms with Gasteiger partial charge in [0.05, 0.1) is 47.2 Å². The van der Waals surface area contributed by atoms with Gasteiger partial charge in [-0.25, -0.2) is 9.78 Å². The third-order valence-electron chi connectivity index (χ3n) is 5.06. The summed E-state index contributed by atoms with van der Waals surface area (Å²) in [5.41, 5.74) is 0.983. The van der Waals surface area contributed by atoms with Crippen molar-refractivity contribution in [2.24, 2.45) is 0 Å². The summed E-state index contributed by atoms with van der Waals surface area (Å²) in [6.07, 6.45) is 1.35. The number of aromatic nitrogens is 2. The number of thioether (sulfide) groups is 2. The molecular weight excluding hydrogens is 474 g/mol. The molecule has 1 aliphatic rings. The number of fused-ring (bicyclic) bond motifs is 1. The molecule has 10 heteroatoms. The number of hydrogen-bond acceptors (Lipinski definition) is 8. The van der Waals surface area contributed by atoms with Gasteiger partial charge in [-0.05, 0) is 31.2 Å². The van der Waals surface area contributed by atoms with Crippen molar-refractivity contribution in [2.45, 2.75) is 12.1 Å². The first kappa shape index (κ1) is 23.9. The fourth-order valence-corrected chi connectivity index (χ4v) is 5.40. The molecule has 34 heavy (non-hydrogen) atoms. The lowest BCUT2D eigenvalue weighted by atomic mass is 10.2. The topological polar surface area (TPSA) is 90.7 Å². The Bertz CT molecular complexity index is 1320. The van der Waals surface area contributed by atoms with E-state index in [-0.39, 0.29) is 23.8 Å². The molecular formula is C24H23N3O5S2. The molecule has 0 unspecified atom stereocenters. The summed E-state index contributed by atoms with van der Waals surface area (Å²) in [7, 11) is 1.55. The van der Waals surface area contributed by atoms with Crippen LogP contribution in [0.2, 0.25) is 0 Å². The molecule has 4 rings (SSSR count). The number of carbonyl (C=O) groups excluding carboxylic acids is 2. The van der Waals surface area contributed by atoms with Crippen LogP contribution in [-0.2, 0) is 14.3 Å². The molecule has 8 nitrogen and oxygen atoms in total. The van der Waals surface area contributed by atoms with E-state index in [0.717, 1.165) is 0 Å². The van der Waals surface area contributed by atoms with E-state index in [1.807, 2.05) is 24.3 Å². The van der Waals surface area contributed by atoms with E-state index < -0.39 is 5.97 Å². The summed E-state index contributed by atoms with van der Waals surface area (Å²) in [5.74, 6) is 0.741. The SMILES string of the molecule is CCOC(=O)/C=C1\SCC(=O)N1CCSc1nc2ccccc2c(=O)n1-c1ccccc1OC. The van der Waals surface area contributed by atoms with Gasteiger partial charge >= 0.3 is 5.97 Å². The van der Waals surface area contributed by atoms with Crippen LogP contribution < -0.4 is 10.3 Å². The summed E-state index contributed by atoms with van der Waals surface area (Å²) < 4.78 is 12.0. The highest BCUT2D eigenvalue weighted by Crippen LogP contribution is 2.31. The Balaban J connectivity index is 1.65. The van der Waals surface area contributed by atoms with E-state index >= 15 is 0 Å². The summed E-state index contributed by atoms with van der Waals surface area (Å²) in [4.78, 5) is 44.0. The lowest BCUT2D eigenvalue weighted by Gasteiger charge is -2.18. The Morgan fingerprint density at radius 1 is 1.18 bits per heavy atom. The minimum atomic E-state index is -0.474. The fraction of sp³-hybridized carbons (Fsp3) is 0.250. The molecule has 1 amide bonds. The number of hydrogen-bond donors (Lipinski definition) is 0. The summed E-state index contributed by atoms with van der Waals surface area (Å²) in [5, 5.41) is 1.56. The average Bonchev–Trinajstić information content (AvgIpc) is 3.18. The van der Waals surface area contributed by atoms with Gasteiger partial charge < -0.3 is 14.4 Å². The summed E-state index contributed by atoms with van der Waals surface area (Å²) in [6, 6.07) is 14.5. The number of amides is 1. The molecule has 2 aromatic carbocycles. The van der Waals surface area contributed by atoms with Crippen molar-refractivity contribution in [1.82, 2.24) is 14.5 Å². The molecule has 1 saturated heterocycles. The second-order valence-corrected chi connectivity index (χ2v) is 9.20. The van der Waals surface area contributed by atoms with E-state index in [0.29, 0.717) is 44.8 Å². The molecule has 0 spiro atoms. The number of methoxy groups -OCH3 is 1. The Hall–Kier alpha value is -3.24. The number of benzene rings is 2. The largest absolute Gasteiger partial charge is 0.495 e. The van der Waals surface area contributed by atoms with Gasteiger partial charge in [0.25, 0.3) is 5.56 Å². The maximum Gasteiger partial charge on any atom is 0.333 e. The van der Waals surface area contributed by atoms with E-state index in [4.69, 9.17) is 14.5 Å². The lowest BCUT2D eigenvalue weighted by Crippen LogP contribution is -2.28. The first-order valence-corrected chi connectivity index (χ1v) is 12.6. The van der Waals surface area contributed by atoms with E-state index in [1.165, 1.54) is 29.6 Å². The highest BCUT2D eigenvalue weighted by Gasteiger charge is 2.27. The van der Waals surface area contributed by atoms with Crippen molar-refractivity contribution in [1.29, 1.82) is 0 Å². The predicted molar refractivity (Wildman–Crippen MR) is 134 cm³/mol. The number of ether oxygens (including phenoxy) is 2. The van der Waals surface area contributed by atoms with Crippen LogP contribution in [0.25, 0.3) is 16.6 Å². The quantitative estimate of drug-likeness (QED) is 0.202. The molecule has 0 saturated carbocycles. The van der Waals surface area contributed by atoms with Gasteiger partial charge in [-0.1, -0.05) is 47.8 Å². The lowest BCUT2D eigenvalue weighted by molar-refractivity contribution is -0.137. The second-order valence-electron chi connectivity index (χ2n) is 7.14. The van der Waals surface area contributed by atoms with Crippen molar-refractivity contribution in [2.75, 3.05) is 31.8 Å². The smallest absolute Gasteiger partial charge is 0.333 e. The van der Waals surface area contributed by atoms with E-state index in [9.17, 15) is 14.4 Å². The van der Waals surface area contributed by atoms with Crippen molar-refractivity contribution >= 4 is 46.3 Å². The number of carbonyl (C=O) groups is 2. The van der Waals surface area contributed by atoms with Crippen LogP contribution in [-0.4, -0.2) is 58.1 Å². The van der Waals surface area contributed by atoms with Gasteiger partial charge in [0.2, 0.25) is 5.91 Å². The molecule has 0 bridgehead atoms. The number of nitrogens with zero attached hydrogens (tertiary/aromatic N) is 3. The first-order chi connectivity index (χ1) is 16.5. The average molecular weight is 498 g/mol. The van der Waals surface area contributed by atoms with Gasteiger partial charge in [0, 0.05) is 12.3 Å². The molecule has 1 fully saturated rings. The molecule has 1 aromatic heterocycles. The molecule has 0 atom stereocenters. The van der Waals surface area contributed by atoms with Crippen LogP contribution in [0.5, 0.6) is 5.75 Å². The Labute approximate surface area is 204 Å². The molecule has 2 heterocycles. The molecule has 0 aliphatic carbocycles. The normalized spacial score (nSPS) is 14.7. The minimum absolute atomic E-state index is 0.0743. The molecule has 0 N–H and O–H groups in total. The van der Waals surface area contributed by atoms with Gasteiger partial charge in [-0.2, -0.15) is 0 Å². The fourth-order valence-electron chi connectivity index (χ4n) is 3.52. The number of para-hydroxylation sites is 3. The maximum atomic E-state index is 13.4. The molecule has 1 aliphatic heterocycles. The zero-order chi connectivity index (χ0) is 24.1. The van der Waals surface area contributed by atoms with Crippen molar-refractivity contribution < 1.29 is 19.1 Å². The molecule has 3 aromatic rings. The first-order valence-electron chi connectivity index (χ1n) is 10.6. The third kappa shape index (κ3) is 4.97. The molecule has 176 valence electrons. The van der Waals surface area contributed by atoms with Gasteiger partial charge in [-0.15, -0.1) is 0 Å². The van der Waals surface area contributed by atoms with Crippen LogP contribution in [0.15, 0.2) is 69.6 Å². The van der Waals surface area contributed by atoms with Crippen molar-refractivity contribution in [3.05, 3.63) is 70.0 Å². The van der Waals surface area contributed by atoms with Crippen LogP contribution >= 0.6 is 23.5 Å². The van der Waals surface area contributed by atoms with Gasteiger partial charge in [-0.3, -0.25) is 14.2 Å². The monoisotopic (exact) mass is 497 g/mol. The van der Waals surface area contributed by atoms with E-state index in [2.05, 4.69) is 0 Å². The van der Waals surface area contributed by atoms with Crippen LogP contribution in [0, 0.1) is 0 Å². The Kier molecular flexibility index (Phi) is 7.59.